The Kier molecular flexibility index (Phi) is 6.35. The molecule has 1 heterocycles. The zero-order valence-corrected chi connectivity index (χ0v) is 16.7. The van der Waals surface area contributed by atoms with E-state index in [1.807, 2.05) is 30.3 Å². The maximum absolute atomic E-state index is 12.5. The molecule has 0 bridgehead atoms. The zero-order chi connectivity index (χ0) is 18.7. The first-order valence-electron chi connectivity index (χ1n) is 9.66. The molecule has 0 spiro atoms. The Bertz CT molecular complexity index is 817. The third-order valence-corrected chi connectivity index (χ3v) is 5.76. The summed E-state index contributed by atoms with van der Waals surface area (Å²) < 4.78 is 11.0. The van der Waals surface area contributed by atoms with Gasteiger partial charge in [-0.1, -0.05) is 37.5 Å². The fraction of sp³-hybridized carbons (Fsp3) is 0.409. The van der Waals surface area contributed by atoms with E-state index in [0.29, 0.717) is 18.7 Å². The van der Waals surface area contributed by atoms with E-state index in [2.05, 4.69) is 17.4 Å². The van der Waals surface area contributed by atoms with E-state index in [-0.39, 0.29) is 30.5 Å². The van der Waals surface area contributed by atoms with Crippen LogP contribution in [0.25, 0.3) is 0 Å². The number of amides is 1. The maximum Gasteiger partial charge on any atom is 0.231 e. The van der Waals surface area contributed by atoms with Gasteiger partial charge in [-0.05, 0) is 48.2 Å². The van der Waals surface area contributed by atoms with Crippen molar-refractivity contribution < 1.29 is 14.3 Å². The monoisotopic (exact) mass is 402 g/mol. The molecule has 28 heavy (non-hydrogen) atoms. The van der Waals surface area contributed by atoms with Gasteiger partial charge in [0.05, 0.1) is 6.42 Å². The van der Waals surface area contributed by atoms with Gasteiger partial charge in [-0.15, -0.1) is 12.4 Å². The van der Waals surface area contributed by atoms with Crippen molar-refractivity contribution in [3.63, 3.8) is 0 Å². The summed E-state index contributed by atoms with van der Waals surface area (Å²) in [5.74, 6) is 1.66. The van der Waals surface area contributed by atoms with Crippen molar-refractivity contribution in [2.75, 3.05) is 19.1 Å². The van der Waals surface area contributed by atoms with Crippen molar-refractivity contribution in [1.82, 2.24) is 5.32 Å². The van der Waals surface area contributed by atoms with Crippen LogP contribution in [0.2, 0.25) is 0 Å². The van der Waals surface area contributed by atoms with Crippen LogP contribution in [-0.2, 0) is 16.6 Å². The lowest BCUT2D eigenvalue weighted by atomic mass is 9.69. The Labute approximate surface area is 172 Å². The SMILES string of the molecule is Cl.Nc1ccc(CC(=O)NCC2(c3ccc4c(c3)OCO4)CCCCC2)cc1. The average molecular weight is 403 g/mol. The number of hydrogen-bond acceptors (Lipinski definition) is 4. The number of carbonyl (C=O) groups excluding carboxylic acids is 1. The van der Waals surface area contributed by atoms with E-state index < -0.39 is 0 Å². The number of nitrogen functional groups attached to an aromatic ring is 1. The summed E-state index contributed by atoms with van der Waals surface area (Å²) in [6.45, 7) is 0.935. The number of nitrogens with two attached hydrogens (primary N) is 1. The lowest BCUT2D eigenvalue weighted by molar-refractivity contribution is -0.120. The molecule has 0 unspecified atom stereocenters. The molecule has 0 radical (unpaired) electrons. The van der Waals surface area contributed by atoms with E-state index in [1.54, 1.807) is 0 Å². The molecule has 5 nitrogen and oxygen atoms in total. The Morgan fingerprint density at radius 3 is 2.46 bits per heavy atom. The minimum Gasteiger partial charge on any atom is -0.454 e. The molecule has 1 fully saturated rings. The van der Waals surface area contributed by atoms with Gasteiger partial charge in [0.2, 0.25) is 12.7 Å². The normalized spacial score (nSPS) is 16.9. The first-order chi connectivity index (χ1) is 13.1. The van der Waals surface area contributed by atoms with E-state index in [0.717, 1.165) is 29.9 Å². The Hall–Kier alpha value is -2.40. The molecule has 1 amide bonds. The molecule has 4 rings (SSSR count). The molecular formula is C22H27ClN2O3. The second kappa shape index (κ2) is 8.74. The number of hydrogen-bond donors (Lipinski definition) is 2. The van der Waals surface area contributed by atoms with Gasteiger partial charge >= 0.3 is 0 Å². The Morgan fingerprint density at radius 2 is 1.71 bits per heavy atom. The van der Waals surface area contributed by atoms with Crippen molar-refractivity contribution >= 4 is 24.0 Å². The van der Waals surface area contributed by atoms with Gasteiger partial charge < -0.3 is 20.5 Å². The Morgan fingerprint density at radius 1 is 1.00 bits per heavy atom. The van der Waals surface area contributed by atoms with Crippen molar-refractivity contribution in [3.05, 3.63) is 53.6 Å². The highest BCUT2D eigenvalue weighted by Crippen LogP contribution is 2.43. The molecule has 0 saturated heterocycles. The van der Waals surface area contributed by atoms with Crippen molar-refractivity contribution in [3.8, 4) is 11.5 Å². The van der Waals surface area contributed by atoms with Crippen molar-refractivity contribution in [1.29, 1.82) is 0 Å². The molecule has 2 aromatic carbocycles. The van der Waals surface area contributed by atoms with Gasteiger partial charge in [0.1, 0.15) is 0 Å². The zero-order valence-electron chi connectivity index (χ0n) is 15.9. The predicted molar refractivity (Wildman–Crippen MR) is 112 cm³/mol. The number of halogens is 1. The van der Waals surface area contributed by atoms with Gasteiger partial charge in [-0.25, -0.2) is 0 Å². The molecule has 6 heteroatoms. The molecule has 150 valence electrons. The average Bonchev–Trinajstić information content (AvgIpc) is 3.17. The van der Waals surface area contributed by atoms with E-state index in [1.165, 1.54) is 24.8 Å². The van der Waals surface area contributed by atoms with Gasteiger partial charge in [0, 0.05) is 17.6 Å². The minimum absolute atomic E-state index is 0. The third kappa shape index (κ3) is 4.36. The van der Waals surface area contributed by atoms with Crippen molar-refractivity contribution in [2.24, 2.45) is 0 Å². The van der Waals surface area contributed by atoms with E-state index in [4.69, 9.17) is 15.2 Å². The van der Waals surface area contributed by atoms with Gasteiger partial charge in [0.15, 0.2) is 11.5 Å². The lowest BCUT2D eigenvalue weighted by Crippen LogP contribution is -2.42. The summed E-state index contributed by atoms with van der Waals surface area (Å²) in [5, 5.41) is 3.18. The first-order valence-corrected chi connectivity index (χ1v) is 9.66. The molecule has 1 aliphatic carbocycles. The first kappa shape index (κ1) is 20.3. The molecule has 2 aliphatic rings. The topological polar surface area (TPSA) is 73.6 Å². The molecule has 2 aromatic rings. The minimum atomic E-state index is -0.0317. The van der Waals surface area contributed by atoms with Crippen LogP contribution in [0.1, 0.15) is 43.2 Å². The van der Waals surface area contributed by atoms with E-state index >= 15 is 0 Å². The molecular weight excluding hydrogens is 376 g/mol. The highest BCUT2D eigenvalue weighted by Gasteiger charge is 2.35. The fourth-order valence-electron chi connectivity index (χ4n) is 4.17. The number of benzene rings is 2. The quantitative estimate of drug-likeness (QED) is 0.742. The Balaban J connectivity index is 0.00000225. The maximum atomic E-state index is 12.5. The van der Waals surface area contributed by atoms with Crippen LogP contribution in [0.4, 0.5) is 5.69 Å². The largest absolute Gasteiger partial charge is 0.454 e. The van der Waals surface area contributed by atoms with Gasteiger partial charge in [0.25, 0.3) is 0 Å². The van der Waals surface area contributed by atoms with Gasteiger partial charge in [-0.3, -0.25) is 4.79 Å². The summed E-state index contributed by atoms with van der Waals surface area (Å²) in [6.07, 6.45) is 6.15. The summed E-state index contributed by atoms with van der Waals surface area (Å²) in [5.41, 5.74) is 8.60. The van der Waals surface area contributed by atoms with Crippen LogP contribution in [0.5, 0.6) is 11.5 Å². The summed E-state index contributed by atoms with van der Waals surface area (Å²) in [7, 11) is 0. The van der Waals surface area contributed by atoms with Crippen LogP contribution in [0, 0.1) is 0 Å². The summed E-state index contributed by atoms with van der Waals surface area (Å²) in [6, 6.07) is 13.7. The standard InChI is InChI=1S/C22H26N2O3.ClH/c23-18-7-4-16(5-8-18)12-21(25)24-14-22(10-2-1-3-11-22)17-6-9-19-20(13-17)27-15-26-19;/h4-9,13H,1-3,10-12,14-15,23H2,(H,24,25);1H. The number of anilines is 1. The fourth-order valence-corrected chi connectivity index (χ4v) is 4.17. The highest BCUT2D eigenvalue weighted by molar-refractivity contribution is 5.85. The number of rotatable bonds is 5. The summed E-state index contributed by atoms with van der Waals surface area (Å²) >= 11 is 0. The second-order valence-electron chi connectivity index (χ2n) is 7.60. The smallest absolute Gasteiger partial charge is 0.231 e. The summed E-state index contributed by atoms with van der Waals surface area (Å²) in [4.78, 5) is 12.5. The van der Waals surface area contributed by atoms with Crippen LogP contribution in [-0.4, -0.2) is 19.2 Å². The van der Waals surface area contributed by atoms with Crippen LogP contribution >= 0.6 is 12.4 Å². The van der Waals surface area contributed by atoms with E-state index in [9.17, 15) is 4.79 Å². The molecule has 1 saturated carbocycles. The molecule has 1 aliphatic heterocycles. The molecule has 0 atom stereocenters. The molecule has 3 N–H and O–H groups in total. The van der Waals surface area contributed by atoms with Gasteiger partial charge in [-0.2, -0.15) is 0 Å². The number of nitrogens with one attached hydrogen (secondary N) is 1. The van der Waals surface area contributed by atoms with Crippen LogP contribution in [0.3, 0.4) is 0 Å². The number of carbonyl (C=O) groups is 1. The highest BCUT2D eigenvalue weighted by atomic mass is 35.5. The number of ether oxygens (including phenoxy) is 2. The van der Waals surface area contributed by atoms with Crippen molar-refractivity contribution in [2.45, 2.75) is 43.9 Å². The second-order valence-corrected chi connectivity index (χ2v) is 7.60. The predicted octanol–water partition coefficient (Wildman–Crippen LogP) is 3.98. The lowest BCUT2D eigenvalue weighted by Gasteiger charge is -2.38. The number of fused-ring (bicyclic) bond motifs is 1. The third-order valence-electron chi connectivity index (χ3n) is 5.76. The van der Waals surface area contributed by atoms with Crippen LogP contribution in [0.15, 0.2) is 42.5 Å². The van der Waals surface area contributed by atoms with Crippen LogP contribution < -0.4 is 20.5 Å². The molecule has 0 aromatic heterocycles.